The zero-order valence-corrected chi connectivity index (χ0v) is 62.7. The van der Waals surface area contributed by atoms with E-state index in [4.69, 9.17) is 90.0 Å². The average Bonchev–Trinajstić information content (AvgIpc) is 1.17. The molecular formula is C65H109N3O49. The van der Waals surface area contributed by atoms with E-state index < -0.39 is 378 Å². The highest BCUT2D eigenvalue weighted by Gasteiger charge is 2.62. The standard InChI is InChI=1S/C65H109N3O49/c1-14-30(79)40(89)46(95)61(101-14)113-51-29(68-17(4)78)56(98)102-24(11-75)50(51)112-58-28(67-16(3)77)39(88)49(23(10-74)108-58)111-65-55(117-62-44(93)35(84)22(9-73)106-62)53(115-64-54(43(92)34(83)21(8-72)107-64)116-57-27(66-15(2)76)38(87)31(80)18(5-69)103-57)37(86)26(110-65)13-100-60-48(97)52(114-63-47(96)42(91)33(82)20(7-71)105-63)36(85)25(109-60)12-99-59-45(94)41(90)32(81)19(6-70)104-59/h14,18-65,69-75,79-98H,5-13H2,1-4H3,(H,66,76)(H,67,77)(H,68,78)/t14-,18+,19+,20+,21+,22+,23+,24+,25+,26+,27+,28+,29+,30+,31+,32+,33+,34+,35-,36+,37+,38+,39+,40+,41-,42-,43-,44+,45-,46-,47-,48-,49+,50+,51+,52-,53-,54-,55-,56?,57-,58-,59-,60-,61-,62-,63+,64+,65-/m0/s1. The number of hydrogen-bond acceptors (Lipinski definition) is 49. The molecule has 10 saturated heterocycles. The van der Waals surface area contributed by atoms with Gasteiger partial charge in [0.2, 0.25) is 17.7 Å². The Morgan fingerprint density at radius 2 is 0.547 bits per heavy atom. The lowest BCUT2D eigenvalue weighted by Gasteiger charge is -2.52. The first-order valence-corrected chi connectivity index (χ1v) is 37.4. The Labute approximate surface area is 662 Å². The molecule has 10 fully saturated rings. The van der Waals surface area contributed by atoms with Gasteiger partial charge in [-0.15, -0.1) is 0 Å². The van der Waals surface area contributed by atoms with Gasteiger partial charge in [-0.05, 0) is 6.92 Å². The van der Waals surface area contributed by atoms with E-state index in [2.05, 4.69) is 16.0 Å². The number of ether oxygens (including phenoxy) is 19. The Bertz CT molecular complexity index is 3100. The quantitative estimate of drug-likeness (QED) is 0.0318. The summed E-state index contributed by atoms with van der Waals surface area (Å²) >= 11 is 0. The van der Waals surface area contributed by atoms with E-state index in [0.29, 0.717) is 0 Å². The first kappa shape index (κ1) is 95.8. The van der Waals surface area contributed by atoms with Crippen LogP contribution in [0.1, 0.15) is 27.7 Å². The number of aliphatic hydroxyl groups is 27. The second kappa shape index (κ2) is 41.6. The van der Waals surface area contributed by atoms with Crippen molar-refractivity contribution in [1.82, 2.24) is 16.0 Å². The van der Waals surface area contributed by atoms with Gasteiger partial charge in [-0.25, -0.2) is 0 Å². The zero-order chi connectivity index (χ0) is 85.9. The molecule has 10 aliphatic heterocycles. The molecule has 0 saturated carbocycles. The van der Waals surface area contributed by atoms with Crippen LogP contribution in [0.3, 0.4) is 0 Å². The van der Waals surface area contributed by atoms with E-state index in [9.17, 15) is 152 Å². The van der Waals surface area contributed by atoms with Crippen LogP contribution in [0.5, 0.6) is 0 Å². The van der Waals surface area contributed by atoms with Gasteiger partial charge in [0.25, 0.3) is 0 Å². The van der Waals surface area contributed by atoms with Gasteiger partial charge in [-0.2, -0.15) is 0 Å². The maximum Gasteiger partial charge on any atom is 0.217 e. The largest absolute Gasteiger partial charge is 0.394 e. The first-order valence-electron chi connectivity index (χ1n) is 37.4. The summed E-state index contributed by atoms with van der Waals surface area (Å²) in [6.45, 7) is -5.99. The molecule has 49 atom stereocenters. The molecule has 10 heterocycles. The van der Waals surface area contributed by atoms with Crippen molar-refractivity contribution in [3.63, 3.8) is 0 Å². The summed E-state index contributed by atoms with van der Waals surface area (Å²) < 4.78 is 114. The molecule has 10 aliphatic rings. The molecule has 0 aromatic rings. The smallest absolute Gasteiger partial charge is 0.217 e. The number of rotatable bonds is 30. The fraction of sp³-hybridized carbons (Fsp3) is 0.954. The number of amides is 3. The number of aliphatic hydroxyl groups excluding tert-OH is 27. The van der Waals surface area contributed by atoms with Gasteiger partial charge in [0.05, 0.1) is 65.6 Å². The lowest BCUT2D eigenvalue weighted by Crippen LogP contribution is -2.71. The van der Waals surface area contributed by atoms with Crippen LogP contribution in [0.25, 0.3) is 0 Å². The summed E-state index contributed by atoms with van der Waals surface area (Å²) in [4.78, 5) is 38.9. The molecule has 0 aromatic heterocycles. The second-order valence-electron chi connectivity index (χ2n) is 29.8. The van der Waals surface area contributed by atoms with E-state index in [0.717, 1.165) is 20.8 Å². The van der Waals surface area contributed by atoms with E-state index in [1.807, 2.05) is 0 Å². The summed E-state index contributed by atoms with van der Waals surface area (Å²) in [6.07, 6.45) is -97.2. The molecule has 0 aliphatic carbocycles. The zero-order valence-electron chi connectivity index (χ0n) is 62.7. The first-order chi connectivity index (χ1) is 55.4. The van der Waals surface area contributed by atoms with Crippen LogP contribution in [-0.4, -0.2) is 516 Å². The highest BCUT2D eigenvalue weighted by atomic mass is 16.8. The Morgan fingerprint density at radius 3 is 1.05 bits per heavy atom. The maximum absolute atomic E-state index is 13.4. The lowest BCUT2D eigenvalue weighted by molar-refractivity contribution is -0.407. The van der Waals surface area contributed by atoms with Crippen LogP contribution >= 0.6 is 0 Å². The third-order valence-electron chi connectivity index (χ3n) is 21.7. The highest BCUT2D eigenvalue weighted by Crippen LogP contribution is 2.41. The van der Waals surface area contributed by atoms with Gasteiger partial charge >= 0.3 is 0 Å². The molecule has 52 nitrogen and oxygen atoms in total. The third kappa shape index (κ3) is 20.9. The van der Waals surface area contributed by atoms with Gasteiger partial charge < -0.3 is 244 Å². The van der Waals surface area contributed by atoms with Crippen molar-refractivity contribution >= 4 is 17.7 Å². The predicted octanol–water partition coefficient (Wildman–Crippen LogP) is -20.7. The average molecular weight is 1720 g/mol. The van der Waals surface area contributed by atoms with Crippen molar-refractivity contribution < 1.29 is 242 Å². The molecule has 3 amide bonds. The summed E-state index contributed by atoms with van der Waals surface area (Å²) in [6, 6.07) is -5.74. The SMILES string of the molecule is CC(=O)N[C@H]1[C@H](O[C@H]2[C@H](O[C@@H]3O[C@@H](C)[C@@H](O)[C@@H](O)[C@@H]3O)[C@@H](NC(C)=O)C(O)O[C@@H]2CO)O[C@H](CO)[C@@H](O[C@@H]2O[C@H](CO[C@H]3O[C@H](CO[C@H]4O[C@H](CO)[C@@H](O)[C@H](O)[C@@H]4O)[C@@H](O)[C@H](O[C@H]4O[C@H](CO)[C@@H](O)[C@H](O)[C@@H]4O)[C@@H]3O)[C@@H](O)[C@H](O[C@H]3O[C@H](CO)[C@@H](O)[C@H](O)[C@@H]3O[C@@H]3O[C@H](CO)[C@@H](O)[C@H](O)[C@H]3NC(C)=O)[C@@H]2O[C@@H]2O[C@H](CO)[C@H](O)[C@H]2O)[C@@H]1O. The minimum atomic E-state index is -2.58. The molecule has 0 radical (unpaired) electrons. The number of carbonyl (C=O) groups excluding carboxylic acids is 3. The summed E-state index contributed by atoms with van der Waals surface area (Å²) in [7, 11) is 0. The van der Waals surface area contributed by atoms with Crippen molar-refractivity contribution in [3.8, 4) is 0 Å². The van der Waals surface area contributed by atoms with Crippen molar-refractivity contribution in [3.05, 3.63) is 0 Å². The van der Waals surface area contributed by atoms with Gasteiger partial charge in [0.1, 0.15) is 232 Å². The van der Waals surface area contributed by atoms with E-state index in [-0.39, 0.29) is 0 Å². The fourth-order valence-corrected chi connectivity index (χ4v) is 15.1. The number of nitrogens with one attached hydrogen (secondary N) is 3. The van der Waals surface area contributed by atoms with Crippen LogP contribution in [0, 0.1) is 0 Å². The molecular weight excluding hydrogens is 1610 g/mol. The van der Waals surface area contributed by atoms with Gasteiger partial charge in [0, 0.05) is 20.8 Å². The molecule has 30 N–H and O–H groups in total. The lowest BCUT2D eigenvalue weighted by atomic mass is 9.93. The maximum atomic E-state index is 13.4. The van der Waals surface area contributed by atoms with Crippen molar-refractivity contribution in [2.75, 3.05) is 59.5 Å². The molecule has 1 unspecified atom stereocenters. The molecule has 117 heavy (non-hydrogen) atoms. The van der Waals surface area contributed by atoms with Crippen molar-refractivity contribution in [2.45, 2.75) is 328 Å². The second-order valence-corrected chi connectivity index (χ2v) is 29.8. The normalized spacial score (nSPS) is 50.6. The molecule has 52 heteroatoms. The van der Waals surface area contributed by atoms with Crippen LogP contribution in [0.15, 0.2) is 0 Å². The Kier molecular flexibility index (Phi) is 34.0. The molecule has 10 rings (SSSR count). The van der Waals surface area contributed by atoms with E-state index >= 15 is 0 Å². The minimum Gasteiger partial charge on any atom is -0.394 e. The Morgan fingerprint density at radius 1 is 0.239 bits per heavy atom. The predicted molar refractivity (Wildman–Crippen MR) is 357 cm³/mol. The molecule has 0 bridgehead atoms. The van der Waals surface area contributed by atoms with Crippen molar-refractivity contribution in [1.29, 1.82) is 0 Å². The summed E-state index contributed by atoms with van der Waals surface area (Å²) in [5.41, 5.74) is 0. The van der Waals surface area contributed by atoms with Crippen LogP contribution in [-0.2, 0) is 104 Å². The molecule has 678 valence electrons. The van der Waals surface area contributed by atoms with Crippen LogP contribution in [0.4, 0.5) is 0 Å². The topological polar surface area (TPSA) is 809 Å². The van der Waals surface area contributed by atoms with Gasteiger partial charge in [-0.3, -0.25) is 14.4 Å². The summed E-state index contributed by atoms with van der Waals surface area (Å²) in [5, 5.41) is 308. The molecule has 0 aromatic carbocycles. The molecule has 0 spiro atoms. The third-order valence-corrected chi connectivity index (χ3v) is 21.7. The monoisotopic (exact) mass is 1720 g/mol. The number of carbonyl (C=O) groups is 3. The minimum absolute atomic E-state index is 0.873. The van der Waals surface area contributed by atoms with E-state index in [1.54, 1.807) is 0 Å². The Balaban J connectivity index is 1.06. The summed E-state index contributed by atoms with van der Waals surface area (Å²) in [5.74, 6) is -2.81. The van der Waals surface area contributed by atoms with E-state index in [1.165, 1.54) is 6.92 Å². The van der Waals surface area contributed by atoms with Gasteiger partial charge in [0.15, 0.2) is 62.9 Å². The van der Waals surface area contributed by atoms with Gasteiger partial charge in [-0.1, -0.05) is 0 Å². The fourth-order valence-electron chi connectivity index (χ4n) is 15.1. The highest BCUT2D eigenvalue weighted by molar-refractivity contribution is 5.74. The van der Waals surface area contributed by atoms with Crippen LogP contribution in [0.2, 0.25) is 0 Å². The number of hydrogen-bond donors (Lipinski definition) is 30. The van der Waals surface area contributed by atoms with Crippen molar-refractivity contribution in [2.24, 2.45) is 0 Å². The Hall–Kier alpha value is -3.43. The van der Waals surface area contributed by atoms with Crippen LogP contribution < -0.4 is 16.0 Å².